The van der Waals surface area contributed by atoms with Crippen LogP contribution in [0, 0.1) is 18.8 Å². The van der Waals surface area contributed by atoms with Gasteiger partial charge in [0.05, 0.1) is 0 Å². The van der Waals surface area contributed by atoms with Gasteiger partial charge in [-0.2, -0.15) is 0 Å². The molecule has 0 aliphatic carbocycles. The van der Waals surface area contributed by atoms with Crippen molar-refractivity contribution in [1.29, 1.82) is 0 Å². The van der Waals surface area contributed by atoms with Gasteiger partial charge in [0.15, 0.2) is 0 Å². The summed E-state index contributed by atoms with van der Waals surface area (Å²) in [6.07, 6.45) is 2.97. The van der Waals surface area contributed by atoms with Crippen LogP contribution in [0.4, 0.5) is 15.3 Å². The lowest BCUT2D eigenvalue weighted by molar-refractivity contribution is 0.164. The van der Waals surface area contributed by atoms with Crippen molar-refractivity contribution in [3.05, 3.63) is 52.2 Å². The van der Waals surface area contributed by atoms with E-state index in [1.54, 1.807) is 11.3 Å². The summed E-state index contributed by atoms with van der Waals surface area (Å²) in [4.78, 5) is 28.0. The Balaban J connectivity index is 1.37. The van der Waals surface area contributed by atoms with E-state index >= 15 is 0 Å². The number of amides is 4. The highest BCUT2D eigenvalue weighted by Gasteiger charge is 2.24. The van der Waals surface area contributed by atoms with Gasteiger partial charge in [-0.15, -0.1) is 11.3 Å². The first kappa shape index (κ1) is 22.2. The topological polar surface area (TPSA) is 73.5 Å². The third-order valence-corrected chi connectivity index (χ3v) is 6.30. The van der Waals surface area contributed by atoms with Gasteiger partial charge >= 0.3 is 12.1 Å². The molecule has 2 atom stereocenters. The molecule has 3 rings (SSSR count). The predicted octanol–water partition coefficient (Wildman–Crippen LogP) is 4.48. The fraction of sp³-hybridized carbons (Fsp3) is 0.478. The standard InChI is InChI=1S/C23H32N4O2S/c1-17-7-9-20(10-8-17)26-22(28)24-15-19-5-3-11-27(16-19)23(29)25-14-18(2)13-21-6-4-12-30-21/h4,6-10,12,18-19H,3,5,11,13-16H2,1-2H3,(H,25,29)(H2,24,26,28). The molecule has 3 N–H and O–H groups in total. The number of thiophene rings is 1. The molecule has 162 valence electrons. The maximum absolute atomic E-state index is 12.6. The molecule has 7 heteroatoms. The number of aryl methyl sites for hydroxylation is 1. The lowest BCUT2D eigenvalue weighted by Gasteiger charge is -2.33. The first-order valence-corrected chi connectivity index (χ1v) is 11.5. The van der Waals surface area contributed by atoms with Crippen LogP contribution >= 0.6 is 11.3 Å². The second-order valence-corrected chi connectivity index (χ2v) is 9.26. The summed E-state index contributed by atoms with van der Waals surface area (Å²) < 4.78 is 0. The second kappa shape index (κ2) is 11.0. The number of rotatable bonds is 7. The van der Waals surface area contributed by atoms with Crippen LogP contribution in [0.1, 0.15) is 30.2 Å². The fourth-order valence-corrected chi connectivity index (χ4v) is 4.55. The number of hydrogen-bond donors (Lipinski definition) is 3. The number of benzene rings is 1. The van der Waals surface area contributed by atoms with Crippen LogP contribution in [0.3, 0.4) is 0 Å². The van der Waals surface area contributed by atoms with Crippen molar-refractivity contribution >= 4 is 29.1 Å². The molecule has 0 bridgehead atoms. The summed E-state index contributed by atoms with van der Waals surface area (Å²) in [5, 5.41) is 11.0. The van der Waals surface area contributed by atoms with Crippen molar-refractivity contribution in [3.63, 3.8) is 0 Å². The molecule has 0 spiro atoms. The smallest absolute Gasteiger partial charge is 0.319 e. The number of carbonyl (C=O) groups excluding carboxylic acids is 2. The van der Waals surface area contributed by atoms with E-state index in [-0.39, 0.29) is 18.0 Å². The van der Waals surface area contributed by atoms with Crippen molar-refractivity contribution in [2.75, 3.05) is 31.5 Å². The Labute approximate surface area is 183 Å². The van der Waals surface area contributed by atoms with Crippen LogP contribution in [-0.4, -0.2) is 43.1 Å². The molecule has 0 radical (unpaired) electrons. The minimum Gasteiger partial charge on any atom is -0.338 e. The van der Waals surface area contributed by atoms with Gasteiger partial charge in [0, 0.05) is 36.7 Å². The van der Waals surface area contributed by atoms with Gasteiger partial charge in [-0.05, 0) is 61.6 Å². The highest BCUT2D eigenvalue weighted by molar-refractivity contribution is 7.09. The molecule has 1 aromatic carbocycles. The Hall–Kier alpha value is -2.54. The van der Waals surface area contributed by atoms with Crippen LogP contribution in [0.25, 0.3) is 0 Å². The zero-order chi connectivity index (χ0) is 21.3. The number of hydrogen-bond acceptors (Lipinski definition) is 3. The maximum atomic E-state index is 12.6. The van der Waals surface area contributed by atoms with E-state index in [1.165, 1.54) is 4.88 Å². The van der Waals surface area contributed by atoms with Crippen molar-refractivity contribution in [2.24, 2.45) is 11.8 Å². The van der Waals surface area contributed by atoms with E-state index in [0.29, 0.717) is 25.6 Å². The van der Waals surface area contributed by atoms with Gasteiger partial charge < -0.3 is 20.9 Å². The monoisotopic (exact) mass is 428 g/mol. The van der Waals surface area contributed by atoms with Crippen LogP contribution in [0.5, 0.6) is 0 Å². The molecule has 0 saturated carbocycles. The number of anilines is 1. The Morgan fingerprint density at radius 3 is 2.73 bits per heavy atom. The van der Waals surface area contributed by atoms with E-state index in [9.17, 15) is 9.59 Å². The Bertz CT molecular complexity index is 807. The fourth-order valence-electron chi connectivity index (χ4n) is 3.68. The number of carbonyl (C=O) groups is 2. The van der Waals surface area contributed by atoms with E-state index in [1.807, 2.05) is 36.1 Å². The highest BCUT2D eigenvalue weighted by Crippen LogP contribution is 2.17. The molecule has 2 aromatic rings. The number of likely N-dealkylation sites (tertiary alicyclic amines) is 1. The van der Waals surface area contributed by atoms with Crippen LogP contribution in [0.2, 0.25) is 0 Å². The van der Waals surface area contributed by atoms with Crippen molar-refractivity contribution < 1.29 is 9.59 Å². The first-order chi connectivity index (χ1) is 14.5. The SMILES string of the molecule is Cc1ccc(NC(=O)NCC2CCCN(C(=O)NCC(C)Cc3cccs3)C2)cc1. The third kappa shape index (κ3) is 7.06. The second-order valence-electron chi connectivity index (χ2n) is 8.23. The highest BCUT2D eigenvalue weighted by atomic mass is 32.1. The van der Waals surface area contributed by atoms with Gasteiger partial charge in [0.25, 0.3) is 0 Å². The molecule has 30 heavy (non-hydrogen) atoms. The lowest BCUT2D eigenvalue weighted by atomic mass is 9.98. The molecule has 1 aliphatic heterocycles. The van der Waals surface area contributed by atoms with E-state index in [0.717, 1.165) is 37.1 Å². The molecule has 1 saturated heterocycles. The third-order valence-electron chi connectivity index (χ3n) is 5.40. The summed E-state index contributed by atoms with van der Waals surface area (Å²) in [7, 11) is 0. The number of piperidine rings is 1. The summed E-state index contributed by atoms with van der Waals surface area (Å²) in [5.74, 6) is 0.678. The molecule has 2 unspecified atom stereocenters. The van der Waals surface area contributed by atoms with Gasteiger partial charge in [-0.25, -0.2) is 9.59 Å². The molecule has 1 fully saturated rings. The molecule has 6 nitrogen and oxygen atoms in total. The van der Waals surface area contributed by atoms with Crippen molar-refractivity contribution in [1.82, 2.24) is 15.5 Å². The average Bonchev–Trinajstić information content (AvgIpc) is 3.25. The van der Waals surface area contributed by atoms with Crippen LogP contribution in [-0.2, 0) is 6.42 Å². The minimum atomic E-state index is -0.206. The Kier molecular flexibility index (Phi) is 8.13. The van der Waals surface area contributed by atoms with E-state index in [4.69, 9.17) is 0 Å². The van der Waals surface area contributed by atoms with E-state index in [2.05, 4.69) is 40.4 Å². The predicted molar refractivity (Wildman–Crippen MR) is 123 cm³/mol. The van der Waals surface area contributed by atoms with Gasteiger partial charge in [-0.3, -0.25) is 0 Å². The number of nitrogens with one attached hydrogen (secondary N) is 3. The van der Waals surface area contributed by atoms with Gasteiger partial charge in [0.1, 0.15) is 0 Å². The van der Waals surface area contributed by atoms with Crippen LogP contribution in [0.15, 0.2) is 41.8 Å². The Morgan fingerprint density at radius 1 is 1.20 bits per heavy atom. The first-order valence-electron chi connectivity index (χ1n) is 10.7. The maximum Gasteiger partial charge on any atom is 0.319 e. The average molecular weight is 429 g/mol. The molecule has 2 heterocycles. The summed E-state index contributed by atoms with van der Waals surface area (Å²) in [6.45, 7) is 6.87. The quantitative estimate of drug-likeness (QED) is 0.608. The van der Waals surface area contributed by atoms with Gasteiger partial charge in [0.2, 0.25) is 0 Å². The lowest BCUT2D eigenvalue weighted by Crippen LogP contribution is -2.48. The minimum absolute atomic E-state index is 0.00170. The molecular formula is C23H32N4O2S. The number of urea groups is 2. The largest absolute Gasteiger partial charge is 0.338 e. The summed E-state index contributed by atoms with van der Waals surface area (Å²) >= 11 is 1.76. The summed E-state index contributed by atoms with van der Waals surface area (Å²) in [5.41, 5.74) is 1.93. The Morgan fingerprint density at radius 2 is 2.00 bits per heavy atom. The van der Waals surface area contributed by atoms with Crippen molar-refractivity contribution in [2.45, 2.75) is 33.1 Å². The molecule has 1 aromatic heterocycles. The van der Waals surface area contributed by atoms with E-state index < -0.39 is 0 Å². The zero-order valence-corrected chi connectivity index (χ0v) is 18.6. The van der Waals surface area contributed by atoms with Gasteiger partial charge in [-0.1, -0.05) is 30.7 Å². The van der Waals surface area contributed by atoms with Crippen LogP contribution < -0.4 is 16.0 Å². The summed E-state index contributed by atoms with van der Waals surface area (Å²) in [6, 6.07) is 11.7. The zero-order valence-electron chi connectivity index (χ0n) is 17.8. The normalized spacial score (nSPS) is 17.3. The molecule has 4 amide bonds. The molecule has 1 aliphatic rings. The number of nitrogens with zero attached hydrogens (tertiary/aromatic N) is 1. The van der Waals surface area contributed by atoms with Crippen molar-refractivity contribution in [3.8, 4) is 0 Å². The molecular weight excluding hydrogens is 396 g/mol.